The Kier molecular flexibility index (Phi) is 7.44. The molecule has 0 bridgehead atoms. The average Bonchev–Trinajstić information content (AvgIpc) is 3.39. The van der Waals surface area contributed by atoms with Gasteiger partial charge in [-0.3, -0.25) is 9.88 Å². The van der Waals surface area contributed by atoms with Crippen molar-refractivity contribution >= 4 is 0 Å². The van der Waals surface area contributed by atoms with Crippen LogP contribution in [0.15, 0.2) is 42.6 Å². The van der Waals surface area contributed by atoms with E-state index in [9.17, 15) is 0 Å². The van der Waals surface area contributed by atoms with E-state index in [2.05, 4.69) is 60.5 Å². The van der Waals surface area contributed by atoms with Crippen molar-refractivity contribution in [3.63, 3.8) is 0 Å². The molecule has 1 spiro atoms. The lowest BCUT2D eigenvalue weighted by Gasteiger charge is -2.47. The number of aromatic nitrogens is 1. The Morgan fingerprint density at radius 1 is 1.05 bits per heavy atom. The summed E-state index contributed by atoms with van der Waals surface area (Å²) in [7, 11) is 0. The summed E-state index contributed by atoms with van der Waals surface area (Å²) in [4.78, 5) is 7.77. The summed E-state index contributed by atoms with van der Waals surface area (Å²) >= 11 is 0. The lowest BCUT2D eigenvalue weighted by molar-refractivity contribution is -0.104. The molecule has 4 aliphatic rings. The molecular weight excluding hydrogens is 454 g/mol. The molecule has 0 radical (unpaired) electrons. The third-order valence-corrected chi connectivity index (χ3v) is 10.5. The van der Waals surface area contributed by atoms with E-state index in [1.165, 1.54) is 70.0 Å². The maximum atomic E-state index is 6.48. The van der Waals surface area contributed by atoms with Crippen molar-refractivity contribution < 1.29 is 4.74 Å². The smallest absolute Gasteiger partial charge is 0.0691 e. The Morgan fingerprint density at radius 3 is 2.70 bits per heavy atom. The monoisotopic (exact) mass is 501 g/mol. The number of rotatable bonds is 8. The summed E-state index contributed by atoms with van der Waals surface area (Å²) in [5.41, 5.74) is 6.35. The summed E-state index contributed by atoms with van der Waals surface area (Å²) in [6, 6.07) is 15.4. The predicted octanol–water partition coefficient (Wildman–Crippen LogP) is 7.05. The van der Waals surface area contributed by atoms with Crippen LogP contribution in [0.25, 0.3) is 0 Å². The third-order valence-electron chi connectivity index (χ3n) is 10.5. The molecule has 0 amide bonds. The first-order valence-corrected chi connectivity index (χ1v) is 15.3. The van der Waals surface area contributed by atoms with Gasteiger partial charge >= 0.3 is 0 Å². The molecule has 1 aromatic carbocycles. The van der Waals surface area contributed by atoms with Crippen LogP contribution in [0.2, 0.25) is 0 Å². The van der Waals surface area contributed by atoms with E-state index >= 15 is 0 Å². The Morgan fingerprint density at radius 2 is 1.92 bits per heavy atom. The first kappa shape index (κ1) is 25.5. The summed E-state index contributed by atoms with van der Waals surface area (Å²) in [6.07, 6.45) is 16.7. The molecule has 6 rings (SSSR count). The van der Waals surface area contributed by atoms with Gasteiger partial charge in [-0.1, -0.05) is 51.0 Å². The number of benzene rings is 1. The second-order valence-corrected chi connectivity index (χ2v) is 12.4. The fourth-order valence-corrected chi connectivity index (χ4v) is 8.61. The molecule has 4 heteroatoms. The van der Waals surface area contributed by atoms with Gasteiger partial charge in [-0.25, -0.2) is 0 Å². The summed E-state index contributed by atoms with van der Waals surface area (Å²) in [5.74, 6) is 0. The van der Waals surface area contributed by atoms with Gasteiger partial charge in [0.05, 0.1) is 5.60 Å². The number of pyridine rings is 1. The molecule has 2 aliphatic carbocycles. The van der Waals surface area contributed by atoms with Gasteiger partial charge in [0, 0.05) is 48.6 Å². The van der Waals surface area contributed by atoms with E-state index in [1.54, 1.807) is 16.7 Å². The predicted molar refractivity (Wildman–Crippen MR) is 151 cm³/mol. The van der Waals surface area contributed by atoms with Gasteiger partial charge < -0.3 is 10.1 Å². The molecule has 1 aromatic heterocycles. The van der Waals surface area contributed by atoms with Crippen molar-refractivity contribution in [3.8, 4) is 0 Å². The highest BCUT2D eigenvalue weighted by molar-refractivity contribution is 5.43. The zero-order valence-electron chi connectivity index (χ0n) is 23.2. The van der Waals surface area contributed by atoms with Gasteiger partial charge in [0.2, 0.25) is 0 Å². The first-order valence-electron chi connectivity index (χ1n) is 15.3. The second kappa shape index (κ2) is 10.8. The van der Waals surface area contributed by atoms with Crippen LogP contribution < -0.4 is 5.32 Å². The van der Waals surface area contributed by atoms with Crippen molar-refractivity contribution in [2.24, 2.45) is 0 Å². The molecule has 3 heterocycles. The molecule has 1 saturated heterocycles. The SMILES string of the molecule is CCC(CC)N1CCc2cccc3c2C1CCC3NCC[C@@]1(c2ccccn2)CCOC2(CCCC2)C1. The van der Waals surface area contributed by atoms with Crippen LogP contribution in [0.5, 0.6) is 0 Å². The lowest BCUT2D eigenvalue weighted by atomic mass is 9.68. The minimum absolute atomic E-state index is 0.0882. The molecule has 4 nitrogen and oxygen atoms in total. The minimum atomic E-state index is 0.0882. The fourth-order valence-electron chi connectivity index (χ4n) is 8.61. The van der Waals surface area contributed by atoms with E-state index < -0.39 is 0 Å². The summed E-state index contributed by atoms with van der Waals surface area (Å²) in [6.45, 7) is 7.88. The van der Waals surface area contributed by atoms with Crippen molar-refractivity contribution in [1.82, 2.24) is 15.2 Å². The molecule has 200 valence electrons. The van der Waals surface area contributed by atoms with Crippen LogP contribution in [-0.4, -0.2) is 41.2 Å². The number of nitrogens with one attached hydrogen (secondary N) is 1. The molecule has 2 unspecified atom stereocenters. The standard InChI is InChI=1S/C33H47N3O/c1-3-26(4-2)36-22-15-25-10-9-11-27-28(13-14-29(36)31(25)27)34-21-18-32(30-12-5-8-20-35-30)19-23-37-33(24-32)16-6-7-17-33/h5,8-12,20,26,28-29,34H,3-4,6-7,13-19,21-24H2,1-2H3/t28?,29?,32-/m1/s1. The van der Waals surface area contributed by atoms with Crippen LogP contribution in [0.1, 0.15) is 119 Å². The van der Waals surface area contributed by atoms with Gasteiger partial charge in [0.1, 0.15) is 0 Å². The maximum Gasteiger partial charge on any atom is 0.0691 e. The Labute approximate surface area is 224 Å². The van der Waals surface area contributed by atoms with E-state index in [0.29, 0.717) is 18.1 Å². The van der Waals surface area contributed by atoms with Crippen LogP contribution in [-0.2, 0) is 16.6 Å². The van der Waals surface area contributed by atoms with Crippen molar-refractivity contribution in [3.05, 3.63) is 65.0 Å². The second-order valence-electron chi connectivity index (χ2n) is 12.4. The molecule has 2 aromatic rings. The van der Waals surface area contributed by atoms with Gasteiger partial charge in [-0.15, -0.1) is 0 Å². The topological polar surface area (TPSA) is 37.4 Å². The largest absolute Gasteiger partial charge is 0.375 e. The van der Waals surface area contributed by atoms with Crippen LogP contribution >= 0.6 is 0 Å². The van der Waals surface area contributed by atoms with Gasteiger partial charge in [-0.05, 0) is 99.6 Å². The van der Waals surface area contributed by atoms with Gasteiger partial charge in [0.25, 0.3) is 0 Å². The molecule has 3 atom stereocenters. The highest BCUT2D eigenvalue weighted by atomic mass is 16.5. The zero-order chi connectivity index (χ0) is 25.3. The fraction of sp³-hybridized carbons (Fsp3) is 0.667. The van der Waals surface area contributed by atoms with Crippen molar-refractivity contribution in [1.29, 1.82) is 0 Å². The van der Waals surface area contributed by atoms with Crippen molar-refractivity contribution in [2.75, 3.05) is 19.7 Å². The molecular formula is C33H47N3O. The normalized spacial score (nSPS) is 29.1. The highest BCUT2D eigenvalue weighted by Gasteiger charge is 2.48. The summed E-state index contributed by atoms with van der Waals surface area (Å²) in [5, 5.41) is 4.08. The first-order chi connectivity index (χ1) is 18.2. The highest BCUT2D eigenvalue weighted by Crippen LogP contribution is 2.50. The quantitative estimate of drug-likeness (QED) is 0.421. The Hall–Kier alpha value is -1.75. The Balaban J connectivity index is 1.21. The maximum absolute atomic E-state index is 6.48. The molecule has 1 saturated carbocycles. The number of ether oxygens (including phenoxy) is 1. The molecule has 37 heavy (non-hydrogen) atoms. The lowest BCUT2D eigenvalue weighted by Crippen LogP contribution is -2.48. The minimum Gasteiger partial charge on any atom is -0.375 e. The molecule has 2 fully saturated rings. The third kappa shape index (κ3) is 4.79. The van der Waals surface area contributed by atoms with Crippen molar-refractivity contribution in [2.45, 2.75) is 120 Å². The van der Waals surface area contributed by atoms with Gasteiger partial charge in [-0.2, -0.15) is 0 Å². The van der Waals surface area contributed by atoms with E-state index in [-0.39, 0.29) is 11.0 Å². The number of hydrogen-bond acceptors (Lipinski definition) is 4. The van der Waals surface area contributed by atoms with Crippen LogP contribution in [0.4, 0.5) is 0 Å². The zero-order valence-corrected chi connectivity index (χ0v) is 23.2. The molecule has 1 N–H and O–H groups in total. The van der Waals surface area contributed by atoms with Crippen LogP contribution in [0.3, 0.4) is 0 Å². The van der Waals surface area contributed by atoms with Gasteiger partial charge in [0.15, 0.2) is 0 Å². The van der Waals surface area contributed by atoms with Crippen LogP contribution in [0, 0.1) is 0 Å². The van der Waals surface area contributed by atoms with E-state index in [1.807, 2.05) is 6.20 Å². The number of hydrogen-bond donors (Lipinski definition) is 1. The van der Waals surface area contributed by atoms with E-state index in [0.717, 1.165) is 32.4 Å². The number of nitrogens with zero attached hydrogens (tertiary/aromatic N) is 2. The van der Waals surface area contributed by atoms with E-state index in [4.69, 9.17) is 9.72 Å². The molecule has 2 aliphatic heterocycles. The summed E-state index contributed by atoms with van der Waals surface area (Å²) < 4.78 is 6.48. The Bertz CT molecular complexity index is 1040. The average molecular weight is 502 g/mol.